The zero-order chi connectivity index (χ0) is 29.2. The van der Waals surface area contributed by atoms with Crippen LogP contribution in [-0.4, -0.2) is 36.5 Å². The van der Waals surface area contributed by atoms with Crippen LogP contribution in [0.15, 0.2) is 68.1 Å². The summed E-state index contributed by atoms with van der Waals surface area (Å²) < 4.78 is 78.7. The second-order valence-corrected chi connectivity index (χ2v) is 12.7. The fourth-order valence-corrected chi connectivity index (χ4v) is 6.93. The largest absolute Gasteiger partial charge is 0.295 e. The summed E-state index contributed by atoms with van der Waals surface area (Å²) in [6.07, 6.45) is 0.615. The van der Waals surface area contributed by atoms with E-state index in [1.807, 2.05) is 0 Å². The Balaban J connectivity index is 2.25. The molecular weight excluding hydrogens is 609 g/mol. The van der Waals surface area contributed by atoms with Gasteiger partial charge in [0.2, 0.25) is 0 Å². The summed E-state index contributed by atoms with van der Waals surface area (Å²) in [5.74, 6) is 0. The van der Waals surface area contributed by atoms with Gasteiger partial charge in [-0.25, -0.2) is 10.5 Å². The molecule has 4 aromatic carbocycles. The summed E-state index contributed by atoms with van der Waals surface area (Å²) in [4.78, 5) is 0.138. The first kappa shape index (κ1) is 30.6. The molecule has 0 amide bonds. The van der Waals surface area contributed by atoms with E-state index in [-0.39, 0.29) is 20.6 Å². The van der Waals surface area contributed by atoms with Crippen molar-refractivity contribution in [3.63, 3.8) is 0 Å². The van der Waals surface area contributed by atoms with Gasteiger partial charge >= 0.3 is 0 Å². The van der Waals surface area contributed by atoms with Crippen molar-refractivity contribution >= 4 is 65.9 Å². The molecule has 0 saturated carbocycles. The lowest BCUT2D eigenvalue weighted by Crippen LogP contribution is -2.06. The molecular formula is C24H22O12S4. The highest BCUT2D eigenvalue weighted by Crippen LogP contribution is 2.45. The molecule has 0 heterocycles. The average Bonchev–Trinajstić information content (AvgIpc) is 2.91. The van der Waals surface area contributed by atoms with Crippen molar-refractivity contribution in [3.05, 3.63) is 59.7 Å². The van der Waals surface area contributed by atoms with Gasteiger partial charge in [-0.15, -0.1) is 8.67 Å². The van der Waals surface area contributed by atoms with Crippen molar-refractivity contribution < 1.29 is 55.2 Å². The van der Waals surface area contributed by atoms with Gasteiger partial charge < -0.3 is 0 Å². The van der Waals surface area contributed by atoms with E-state index >= 15 is 0 Å². The maximum Gasteiger partial charge on any atom is 0.295 e. The van der Waals surface area contributed by atoms with Gasteiger partial charge in [-0.2, -0.15) is 16.8 Å². The molecule has 0 radical (unpaired) electrons. The molecule has 0 fully saturated rings. The minimum atomic E-state index is -4.66. The second kappa shape index (κ2) is 12.3. The van der Waals surface area contributed by atoms with Crippen LogP contribution < -0.4 is 0 Å². The Labute approximate surface area is 237 Å². The maximum absolute atomic E-state index is 12.4. The molecule has 4 aromatic rings. The molecule has 16 heteroatoms. The van der Waals surface area contributed by atoms with E-state index in [0.717, 1.165) is 0 Å². The van der Waals surface area contributed by atoms with Crippen LogP contribution in [0.3, 0.4) is 0 Å². The van der Waals surface area contributed by atoms with Crippen molar-refractivity contribution in [1.82, 2.24) is 0 Å². The third-order valence-electron chi connectivity index (χ3n) is 6.19. The number of hydrogen-bond donors (Lipinski definition) is 4. The topological polar surface area (TPSA) is 186 Å². The Morgan fingerprint density at radius 1 is 0.625 bits per heavy atom. The van der Waals surface area contributed by atoms with Crippen molar-refractivity contribution in [2.45, 2.75) is 46.3 Å². The fourth-order valence-electron chi connectivity index (χ4n) is 4.64. The fraction of sp³-hybridized carbons (Fsp3) is 0.167. The predicted octanol–water partition coefficient (Wildman–Crippen LogP) is 6.13. The Bertz CT molecular complexity index is 1670. The van der Waals surface area contributed by atoms with E-state index in [4.69, 9.17) is 10.5 Å². The highest BCUT2D eigenvalue weighted by atomic mass is 32.2. The van der Waals surface area contributed by atoms with Crippen LogP contribution in [0.25, 0.3) is 32.7 Å². The van der Waals surface area contributed by atoms with Crippen LogP contribution in [0.5, 0.6) is 0 Å². The first-order chi connectivity index (χ1) is 18.9. The molecule has 0 saturated heterocycles. The molecule has 0 aliphatic heterocycles. The van der Waals surface area contributed by atoms with Gasteiger partial charge in [-0.05, 0) is 82.3 Å². The Morgan fingerprint density at radius 2 is 1.00 bits per heavy atom. The number of fused-ring (bicyclic) bond motifs is 2. The molecule has 0 bridgehead atoms. The summed E-state index contributed by atoms with van der Waals surface area (Å²) in [5, 5.41) is 25.7. The summed E-state index contributed by atoms with van der Waals surface area (Å²) in [7, 11) is -9.33. The van der Waals surface area contributed by atoms with Gasteiger partial charge in [0.1, 0.15) is 9.79 Å². The van der Waals surface area contributed by atoms with Gasteiger partial charge in [0.05, 0.1) is 24.1 Å². The van der Waals surface area contributed by atoms with Crippen LogP contribution in [0.2, 0.25) is 0 Å². The van der Waals surface area contributed by atoms with E-state index < -0.39 is 20.2 Å². The lowest BCUT2D eigenvalue weighted by molar-refractivity contribution is -0.432. The SMILES string of the molecule is CCc1cc(S(=O)(=O)O)c2ccc(SOOO)cc2c1-c1c(CC)cc(S(=O)(=O)O)c2ccc(SOOO)cc12. The number of aryl methyl sites for hydroxylation is 2. The minimum Gasteiger partial charge on any atom is -0.282 e. The number of hydrogen-bond acceptors (Lipinski definition) is 12. The summed E-state index contributed by atoms with van der Waals surface area (Å²) in [5.41, 5.74) is 2.07. The van der Waals surface area contributed by atoms with Gasteiger partial charge in [0, 0.05) is 20.6 Å². The summed E-state index contributed by atoms with van der Waals surface area (Å²) in [6, 6.07) is 11.8. The Morgan fingerprint density at radius 3 is 1.30 bits per heavy atom. The second-order valence-electron chi connectivity index (χ2n) is 8.34. The monoisotopic (exact) mass is 630 g/mol. The molecule has 0 aliphatic rings. The summed E-state index contributed by atoms with van der Waals surface area (Å²) in [6.45, 7) is 3.57. The van der Waals surface area contributed by atoms with E-state index in [1.54, 1.807) is 26.0 Å². The number of rotatable bonds is 11. The van der Waals surface area contributed by atoms with E-state index in [0.29, 0.717) is 79.7 Å². The van der Waals surface area contributed by atoms with Crippen LogP contribution >= 0.6 is 24.1 Å². The van der Waals surface area contributed by atoms with E-state index in [2.05, 4.69) is 18.7 Å². The molecule has 4 N–H and O–H groups in total. The predicted molar refractivity (Wildman–Crippen MR) is 147 cm³/mol. The Kier molecular flexibility index (Phi) is 9.40. The standard InChI is InChI=1S/C24H22O12S4/c1-3-13-9-21(39(27,28)29)17-7-5-15(37-35-33-25)11-19(17)23(13)24-14(4-2)10-22(40(30,31)32)18-8-6-16(12-20(18)24)38-36-34-26/h5-12,25-26H,3-4H2,1-2H3,(H,27,28,29)(H,30,31,32). The van der Waals surface area contributed by atoms with Gasteiger partial charge in [-0.3, -0.25) is 9.11 Å². The van der Waals surface area contributed by atoms with Crippen LogP contribution in [0.4, 0.5) is 0 Å². The van der Waals surface area contributed by atoms with Gasteiger partial charge in [0.25, 0.3) is 20.2 Å². The highest BCUT2D eigenvalue weighted by molar-refractivity contribution is 7.94. The molecule has 214 valence electrons. The lowest BCUT2D eigenvalue weighted by atomic mass is 9.85. The maximum atomic E-state index is 12.4. The molecule has 0 aromatic heterocycles. The molecule has 0 spiro atoms. The average molecular weight is 631 g/mol. The van der Waals surface area contributed by atoms with Crippen molar-refractivity contribution in [2.24, 2.45) is 0 Å². The first-order valence-corrected chi connectivity index (χ1v) is 15.7. The Hall–Kier alpha value is -2.32. The third kappa shape index (κ3) is 6.13. The molecule has 0 aliphatic carbocycles. The van der Waals surface area contributed by atoms with Crippen LogP contribution in [0.1, 0.15) is 25.0 Å². The smallest absolute Gasteiger partial charge is 0.282 e. The quantitative estimate of drug-likeness (QED) is 0.0641. The molecule has 12 nitrogen and oxygen atoms in total. The molecule has 40 heavy (non-hydrogen) atoms. The van der Waals surface area contributed by atoms with Crippen molar-refractivity contribution in [1.29, 1.82) is 0 Å². The normalized spacial score (nSPS) is 12.4. The van der Waals surface area contributed by atoms with Gasteiger partial charge in [0.15, 0.2) is 0 Å². The minimum absolute atomic E-state index is 0.167. The molecule has 4 rings (SSSR count). The zero-order valence-electron chi connectivity index (χ0n) is 20.7. The third-order valence-corrected chi connectivity index (χ3v) is 9.13. The zero-order valence-corrected chi connectivity index (χ0v) is 24.0. The van der Waals surface area contributed by atoms with Crippen molar-refractivity contribution in [3.8, 4) is 11.1 Å². The highest BCUT2D eigenvalue weighted by Gasteiger charge is 2.26. The van der Waals surface area contributed by atoms with E-state index in [9.17, 15) is 25.9 Å². The van der Waals surface area contributed by atoms with Crippen molar-refractivity contribution in [2.75, 3.05) is 0 Å². The lowest BCUT2D eigenvalue weighted by Gasteiger charge is -2.21. The molecule has 0 atom stereocenters. The molecule has 0 unspecified atom stereocenters. The van der Waals surface area contributed by atoms with Crippen LogP contribution in [-0.2, 0) is 51.8 Å². The van der Waals surface area contributed by atoms with Gasteiger partial charge in [-0.1, -0.05) is 36.1 Å². The number of benzene rings is 4. The summed E-state index contributed by atoms with van der Waals surface area (Å²) >= 11 is 1.29. The van der Waals surface area contributed by atoms with E-state index in [1.165, 1.54) is 36.4 Å². The van der Waals surface area contributed by atoms with Crippen LogP contribution in [0, 0.1) is 0 Å². The first-order valence-electron chi connectivity index (χ1n) is 11.4.